The number of carboxylic acids is 1. The number of amides is 1. The molecule has 1 aromatic rings. The molecule has 1 unspecified atom stereocenters. The van der Waals surface area contributed by atoms with Gasteiger partial charge in [-0.05, 0) is 44.9 Å². The quantitative estimate of drug-likeness (QED) is 0.805. The molecular formula is C16H22N2O5S. The van der Waals surface area contributed by atoms with Gasteiger partial charge in [0.25, 0.3) is 5.91 Å². The van der Waals surface area contributed by atoms with Gasteiger partial charge < -0.3 is 10.0 Å². The van der Waals surface area contributed by atoms with Gasteiger partial charge >= 0.3 is 5.97 Å². The third-order valence-electron chi connectivity index (χ3n) is 3.83. The number of sulfonamides is 1. The van der Waals surface area contributed by atoms with E-state index in [1.807, 2.05) is 0 Å². The fourth-order valence-corrected chi connectivity index (χ4v) is 4.15. The average Bonchev–Trinajstić information content (AvgIpc) is 2.92. The normalized spacial score (nSPS) is 18.1. The highest BCUT2D eigenvalue weighted by Crippen LogP contribution is 2.23. The van der Waals surface area contributed by atoms with Gasteiger partial charge in [0.2, 0.25) is 10.0 Å². The van der Waals surface area contributed by atoms with E-state index in [4.69, 9.17) is 5.11 Å². The number of hydrogen-bond donors (Lipinski definition) is 2. The lowest BCUT2D eigenvalue weighted by Gasteiger charge is -2.23. The van der Waals surface area contributed by atoms with Crippen molar-refractivity contribution in [3.63, 3.8) is 0 Å². The number of carbonyl (C=O) groups excluding carboxylic acids is 1. The fourth-order valence-electron chi connectivity index (χ4n) is 2.86. The molecule has 0 spiro atoms. The van der Waals surface area contributed by atoms with Crippen LogP contribution in [0.3, 0.4) is 0 Å². The van der Waals surface area contributed by atoms with Crippen LogP contribution in [-0.2, 0) is 14.8 Å². The number of nitrogens with zero attached hydrogens (tertiary/aromatic N) is 1. The van der Waals surface area contributed by atoms with Crippen LogP contribution in [0.2, 0.25) is 0 Å². The molecule has 24 heavy (non-hydrogen) atoms. The highest BCUT2D eigenvalue weighted by Gasteiger charge is 2.31. The summed E-state index contributed by atoms with van der Waals surface area (Å²) in [6.07, 6.45) is 1.29. The molecule has 1 aliphatic heterocycles. The summed E-state index contributed by atoms with van der Waals surface area (Å²) in [6.45, 7) is 3.92. The summed E-state index contributed by atoms with van der Waals surface area (Å²) >= 11 is 0. The Hall–Kier alpha value is -1.93. The molecule has 1 atom stereocenters. The molecule has 1 saturated heterocycles. The SMILES string of the molecule is CC(C)NS(=O)(=O)c1cccc(C(=O)N2CCCC2CC(=O)O)c1. The van der Waals surface area contributed by atoms with Gasteiger partial charge in [-0.25, -0.2) is 13.1 Å². The molecule has 0 aromatic heterocycles. The first-order valence-electron chi connectivity index (χ1n) is 7.86. The molecule has 1 aliphatic rings. The van der Waals surface area contributed by atoms with E-state index in [1.165, 1.54) is 23.1 Å². The van der Waals surface area contributed by atoms with Crippen LogP contribution >= 0.6 is 0 Å². The summed E-state index contributed by atoms with van der Waals surface area (Å²) in [7, 11) is -3.69. The monoisotopic (exact) mass is 354 g/mol. The number of carboxylic acid groups (broad SMARTS) is 1. The van der Waals surface area contributed by atoms with Crippen LogP contribution in [0.15, 0.2) is 29.2 Å². The fraction of sp³-hybridized carbons (Fsp3) is 0.500. The Morgan fingerprint density at radius 2 is 2.08 bits per heavy atom. The molecule has 0 radical (unpaired) electrons. The van der Waals surface area contributed by atoms with Crippen molar-refractivity contribution in [2.24, 2.45) is 0 Å². The molecule has 1 fully saturated rings. The van der Waals surface area contributed by atoms with Gasteiger partial charge in [-0.1, -0.05) is 6.07 Å². The number of carbonyl (C=O) groups is 2. The minimum atomic E-state index is -3.69. The zero-order chi connectivity index (χ0) is 17.9. The van der Waals surface area contributed by atoms with Crippen molar-refractivity contribution in [1.29, 1.82) is 0 Å². The van der Waals surface area contributed by atoms with Gasteiger partial charge in [0.1, 0.15) is 0 Å². The first-order chi connectivity index (χ1) is 11.2. The summed E-state index contributed by atoms with van der Waals surface area (Å²) in [5, 5.41) is 8.95. The highest BCUT2D eigenvalue weighted by molar-refractivity contribution is 7.89. The number of aliphatic carboxylic acids is 1. The Bertz CT molecular complexity index is 730. The maximum Gasteiger partial charge on any atom is 0.305 e. The Morgan fingerprint density at radius 3 is 2.71 bits per heavy atom. The first-order valence-corrected chi connectivity index (χ1v) is 9.34. The Balaban J connectivity index is 2.25. The smallest absolute Gasteiger partial charge is 0.305 e. The maximum atomic E-state index is 12.7. The molecule has 0 bridgehead atoms. The van der Waals surface area contributed by atoms with Crippen LogP contribution in [0.4, 0.5) is 0 Å². The van der Waals surface area contributed by atoms with Crippen LogP contribution in [0, 0.1) is 0 Å². The van der Waals surface area contributed by atoms with Crippen molar-refractivity contribution in [2.75, 3.05) is 6.54 Å². The second-order valence-corrected chi connectivity index (χ2v) is 7.91. The standard InChI is InChI=1S/C16H22N2O5S/c1-11(2)17-24(22,23)14-7-3-5-12(9-14)16(21)18-8-4-6-13(18)10-15(19)20/h3,5,7,9,11,13,17H,4,6,8,10H2,1-2H3,(H,19,20). The second-order valence-electron chi connectivity index (χ2n) is 6.20. The minimum absolute atomic E-state index is 0.0241. The van der Waals surface area contributed by atoms with E-state index >= 15 is 0 Å². The Labute approximate surface area is 141 Å². The van der Waals surface area contributed by atoms with Crippen molar-refractivity contribution in [2.45, 2.75) is 50.1 Å². The summed E-state index contributed by atoms with van der Waals surface area (Å²) < 4.78 is 26.9. The van der Waals surface area contributed by atoms with Gasteiger partial charge in [-0.2, -0.15) is 0 Å². The van der Waals surface area contributed by atoms with E-state index in [1.54, 1.807) is 19.9 Å². The van der Waals surface area contributed by atoms with Gasteiger partial charge in [0, 0.05) is 24.2 Å². The van der Waals surface area contributed by atoms with Crippen LogP contribution in [0.25, 0.3) is 0 Å². The summed E-state index contributed by atoms with van der Waals surface area (Å²) in [6, 6.07) is 5.23. The van der Waals surface area contributed by atoms with Crippen molar-refractivity contribution < 1.29 is 23.1 Å². The number of nitrogens with one attached hydrogen (secondary N) is 1. The topological polar surface area (TPSA) is 104 Å². The van der Waals surface area contributed by atoms with E-state index < -0.39 is 16.0 Å². The Morgan fingerprint density at radius 1 is 1.38 bits per heavy atom. The molecular weight excluding hydrogens is 332 g/mol. The predicted molar refractivity (Wildman–Crippen MR) is 88.2 cm³/mol. The summed E-state index contributed by atoms with van der Waals surface area (Å²) in [4.78, 5) is 25.1. The molecule has 2 N–H and O–H groups in total. The average molecular weight is 354 g/mol. The van der Waals surface area contributed by atoms with Gasteiger partial charge in [-0.3, -0.25) is 9.59 Å². The third-order valence-corrected chi connectivity index (χ3v) is 5.49. The lowest BCUT2D eigenvalue weighted by Crippen LogP contribution is -2.37. The third kappa shape index (κ3) is 4.33. The molecule has 8 heteroatoms. The second kappa shape index (κ2) is 7.31. The molecule has 1 aromatic carbocycles. The molecule has 0 aliphatic carbocycles. The van der Waals surface area contributed by atoms with Crippen LogP contribution in [-0.4, -0.2) is 48.9 Å². The van der Waals surface area contributed by atoms with Crippen molar-refractivity contribution >= 4 is 21.9 Å². The number of benzene rings is 1. The number of likely N-dealkylation sites (tertiary alicyclic amines) is 1. The zero-order valence-electron chi connectivity index (χ0n) is 13.7. The van der Waals surface area contributed by atoms with E-state index in [0.29, 0.717) is 13.0 Å². The molecule has 0 saturated carbocycles. The zero-order valence-corrected chi connectivity index (χ0v) is 14.5. The highest BCUT2D eigenvalue weighted by atomic mass is 32.2. The maximum absolute atomic E-state index is 12.7. The molecule has 2 rings (SSSR count). The predicted octanol–water partition coefficient (Wildman–Crippen LogP) is 1.45. The van der Waals surface area contributed by atoms with Crippen LogP contribution in [0.5, 0.6) is 0 Å². The van der Waals surface area contributed by atoms with E-state index in [2.05, 4.69) is 4.72 Å². The molecule has 1 heterocycles. The van der Waals surface area contributed by atoms with E-state index in [9.17, 15) is 18.0 Å². The number of rotatable bonds is 6. The van der Waals surface area contributed by atoms with E-state index in [0.717, 1.165) is 6.42 Å². The van der Waals surface area contributed by atoms with Crippen LogP contribution in [0.1, 0.15) is 43.5 Å². The lowest BCUT2D eigenvalue weighted by molar-refractivity contribution is -0.137. The van der Waals surface area contributed by atoms with Crippen molar-refractivity contribution in [3.8, 4) is 0 Å². The summed E-state index contributed by atoms with van der Waals surface area (Å²) in [5.74, 6) is -1.28. The minimum Gasteiger partial charge on any atom is -0.481 e. The van der Waals surface area contributed by atoms with E-state index in [-0.39, 0.29) is 34.9 Å². The van der Waals surface area contributed by atoms with Crippen molar-refractivity contribution in [3.05, 3.63) is 29.8 Å². The molecule has 132 valence electrons. The summed E-state index contributed by atoms with van der Waals surface area (Å²) in [5.41, 5.74) is 0.249. The first kappa shape index (κ1) is 18.4. The van der Waals surface area contributed by atoms with Gasteiger partial charge in [-0.15, -0.1) is 0 Å². The van der Waals surface area contributed by atoms with Gasteiger partial charge in [0.15, 0.2) is 0 Å². The van der Waals surface area contributed by atoms with Crippen LogP contribution < -0.4 is 4.72 Å². The van der Waals surface area contributed by atoms with Gasteiger partial charge in [0.05, 0.1) is 11.3 Å². The molecule has 1 amide bonds. The largest absolute Gasteiger partial charge is 0.481 e. The lowest BCUT2D eigenvalue weighted by atomic mass is 10.1. The Kier molecular flexibility index (Phi) is 5.61. The number of hydrogen-bond acceptors (Lipinski definition) is 4. The van der Waals surface area contributed by atoms with Crippen molar-refractivity contribution in [1.82, 2.24) is 9.62 Å². The molecule has 7 nitrogen and oxygen atoms in total.